The first-order valence-corrected chi connectivity index (χ1v) is 13.3. The normalized spacial score (nSPS) is 14.2. The monoisotopic (exact) mass is 498 g/mol. The Hall–Kier alpha value is -3.60. The number of benzene rings is 3. The van der Waals surface area contributed by atoms with Gasteiger partial charge in [-0.2, -0.15) is 0 Å². The fraction of sp³-hybridized carbons (Fsp3) is 0.375. The van der Waals surface area contributed by atoms with Gasteiger partial charge in [-0.05, 0) is 56.4 Å². The molecular weight excluding hydrogens is 460 g/mol. The molecule has 0 radical (unpaired) electrons. The van der Waals surface area contributed by atoms with Crippen LogP contribution in [0.15, 0.2) is 72.8 Å². The number of hydrogen-bond acceptors (Lipinski definition) is 3. The molecule has 4 rings (SSSR count). The molecular formula is C32H38N2O3. The molecule has 0 heterocycles. The Morgan fingerprint density at radius 2 is 1.59 bits per heavy atom. The van der Waals surface area contributed by atoms with Gasteiger partial charge in [0.25, 0.3) is 5.91 Å². The minimum atomic E-state index is -0.640. The van der Waals surface area contributed by atoms with Gasteiger partial charge in [0.2, 0.25) is 5.91 Å². The maximum absolute atomic E-state index is 13.8. The van der Waals surface area contributed by atoms with Crippen LogP contribution in [0.3, 0.4) is 0 Å². The molecule has 5 heteroatoms. The van der Waals surface area contributed by atoms with E-state index in [4.69, 9.17) is 4.74 Å². The molecule has 3 aromatic rings. The molecule has 1 atom stereocenters. The number of rotatable bonds is 10. The molecule has 5 nitrogen and oxygen atoms in total. The molecule has 1 aliphatic carbocycles. The zero-order chi connectivity index (χ0) is 26.2. The Kier molecular flexibility index (Phi) is 8.99. The maximum atomic E-state index is 13.8. The van der Waals surface area contributed by atoms with Gasteiger partial charge in [-0.3, -0.25) is 9.59 Å². The van der Waals surface area contributed by atoms with Gasteiger partial charge >= 0.3 is 0 Å². The third kappa shape index (κ3) is 7.45. The Labute approximate surface area is 220 Å². The topological polar surface area (TPSA) is 58.6 Å². The van der Waals surface area contributed by atoms with Gasteiger partial charge in [-0.15, -0.1) is 0 Å². The van der Waals surface area contributed by atoms with E-state index in [1.54, 1.807) is 4.90 Å². The van der Waals surface area contributed by atoms with Crippen LogP contribution < -0.4 is 10.1 Å². The van der Waals surface area contributed by atoms with Crippen LogP contribution in [0.1, 0.15) is 53.5 Å². The second-order valence-electron chi connectivity index (χ2n) is 10.3. The van der Waals surface area contributed by atoms with Crippen LogP contribution in [0, 0.1) is 20.8 Å². The van der Waals surface area contributed by atoms with E-state index in [0.717, 1.165) is 53.5 Å². The highest BCUT2D eigenvalue weighted by atomic mass is 16.5. The average Bonchev–Trinajstić information content (AvgIpc) is 3.39. The zero-order valence-corrected chi connectivity index (χ0v) is 22.2. The maximum Gasteiger partial charge on any atom is 0.261 e. The summed E-state index contributed by atoms with van der Waals surface area (Å²) in [6, 6.07) is 23.5. The van der Waals surface area contributed by atoms with E-state index in [-0.39, 0.29) is 24.5 Å². The number of nitrogens with zero attached hydrogens (tertiary/aromatic N) is 1. The van der Waals surface area contributed by atoms with Gasteiger partial charge in [0.1, 0.15) is 11.8 Å². The molecule has 3 aromatic carbocycles. The molecule has 0 aromatic heterocycles. The van der Waals surface area contributed by atoms with Crippen molar-refractivity contribution >= 4 is 11.8 Å². The first-order valence-electron chi connectivity index (χ1n) is 13.3. The van der Waals surface area contributed by atoms with Gasteiger partial charge < -0.3 is 15.0 Å². The predicted octanol–water partition coefficient (Wildman–Crippen LogP) is 5.69. The van der Waals surface area contributed by atoms with E-state index in [9.17, 15) is 9.59 Å². The average molecular weight is 499 g/mol. The number of ether oxygens (including phenoxy) is 1. The molecule has 0 bridgehead atoms. The van der Waals surface area contributed by atoms with Crippen LogP contribution in [0.4, 0.5) is 0 Å². The molecule has 194 valence electrons. The summed E-state index contributed by atoms with van der Waals surface area (Å²) >= 11 is 0. The van der Waals surface area contributed by atoms with Gasteiger partial charge in [0, 0.05) is 19.0 Å². The van der Waals surface area contributed by atoms with E-state index in [1.807, 2.05) is 87.5 Å². The molecule has 0 unspecified atom stereocenters. The van der Waals surface area contributed by atoms with Crippen molar-refractivity contribution in [2.45, 2.75) is 71.5 Å². The first-order chi connectivity index (χ1) is 17.9. The summed E-state index contributed by atoms with van der Waals surface area (Å²) in [5.41, 5.74) is 5.26. The largest absolute Gasteiger partial charge is 0.483 e. The van der Waals surface area contributed by atoms with Crippen LogP contribution in [0.5, 0.6) is 5.75 Å². The van der Waals surface area contributed by atoms with Crippen LogP contribution in [-0.2, 0) is 22.6 Å². The zero-order valence-electron chi connectivity index (χ0n) is 22.2. The molecule has 0 saturated heterocycles. The smallest absolute Gasteiger partial charge is 0.261 e. The first kappa shape index (κ1) is 26.5. The summed E-state index contributed by atoms with van der Waals surface area (Å²) in [4.78, 5) is 29.2. The number of aryl methyl sites for hydroxylation is 3. The standard InChI is InChI=1S/C32H38N2O3/c1-23-10-9-13-27(19-23)21-34(31(35)22-37-30-17-16-24(2)18-25(30)3)29(20-26-11-5-4-6-12-26)32(36)33-28-14-7-8-15-28/h4-6,9-13,16-19,28-29H,7-8,14-15,20-22H2,1-3H3,(H,33,36)/t29-/m0/s1. The summed E-state index contributed by atoms with van der Waals surface area (Å²) in [6.07, 6.45) is 4.69. The second-order valence-corrected chi connectivity index (χ2v) is 10.3. The predicted molar refractivity (Wildman–Crippen MR) is 147 cm³/mol. The number of nitrogens with one attached hydrogen (secondary N) is 1. The molecule has 1 fully saturated rings. The van der Waals surface area contributed by atoms with Crippen LogP contribution in [0.2, 0.25) is 0 Å². The molecule has 1 aliphatic rings. The van der Waals surface area contributed by atoms with E-state index >= 15 is 0 Å². The molecule has 37 heavy (non-hydrogen) atoms. The van der Waals surface area contributed by atoms with E-state index in [2.05, 4.69) is 11.4 Å². The summed E-state index contributed by atoms with van der Waals surface area (Å²) in [5, 5.41) is 3.25. The Bertz CT molecular complexity index is 1200. The van der Waals surface area contributed by atoms with Crippen molar-refractivity contribution in [3.63, 3.8) is 0 Å². The molecule has 2 amide bonds. The van der Waals surface area contributed by atoms with Crippen LogP contribution in [0.25, 0.3) is 0 Å². The van der Waals surface area contributed by atoms with Gasteiger partial charge in [0.15, 0.2) is 6.61 Å². The van der Waals surface area contributed by atoms with E-state index in [1.165, 1.54) is 0 Å². The number of hydrogen-bond donors (Lipinski definition) is 1. The summed E-state index contributed by atoms with van der Waals surface area (Å²) in [6.45, 7) is 6.25. The minimum Gasteiger partial charge on any atom is -0.483 e. The molecule has 0 spiro atoms. The lowest BCUT2D eigenvalue weighted by Crippen LogP contribution is -2.53. The van der Waals surface area contributed by atoms with Crippen molar-refractivity contribution in [2.24, 2.45) is 0 Å². The van der Waals surface area contributed by atoms with E-state index < -0.39 is 6.04 Å². The summed E-state index contributed by atoms with van der Waals surface area (Å²) in [7, 11) is 0. The van der Waals surface area contributed by atoms with Crippen molar-refractivity contribution in [3.8, 4) is 5.75 Å². The Balaban J connectivity index is 1.62. The van der Waals surface area contributed by atoms with Gasteiger partial charge in [-0.25, -0.2) is 0 Å². The third-order valence-electron chi connectivity index (χ3n) is 7.09. The van der Waals surface area contributed by atoms with Crippen LogP contribution >= 0.6 is 0 Å². The molecule has 1 saturated carbocycles. The van der Waals surface area contributed by atoms with Crippen molar-refractivity contribution in [1.82, 2.24) is 10.2 Å². The third-order valence-corrected chi connectivity index (χ3v) is 7.09. The van der Waals surface area contributed by atoms with E-state index in [0.29, 0.717) is 18.7 Å². The number of amides is 2. The van der Waals surface area contributed by atoms with Crippen molar-refractivity contribution < 1.29 is 14.3 Å². The van der Waals surface area contributed by atoms with Crippen molar-refractivity contribution in [1.29, 1.82) is 0 Å². The lowest BCUT2D eigenvalue weighted by molar-refractivity contribution is -0.143. The Morgan fingerprint density at radius 1 is 0.892 bits per heavy atom. The number of carbonyl (C=O) groups excluding carboxylic acids is 2. The summed E-state index contributed by atoms with van der Waals surface area (Å²) < 4.78 is 5.99. The number of carbonyl (C=O) groups is 2. The Morgan fingerprint density at radius 3 is 2.30 bits per heavy atom. The quantitative estimate of drug-likeness (QED) is 0.391. The molecule has 1 N–H and O–H groups in total. The summed E-state index contributed by atoms with van der Waals surface area (Å²) in [5.74, 6) is 0.386. The minimum absolute atomic E-state index is 0.0942. The molecule has 0 aliphatic heterocycles. The lowest BCUT2D eigenvalue weighted by atomic mass is 10.0. The fourth-order valence-electron chi connectivity index (χ4n) is 5.11. The van der Waals surface area contributed by atoms with Crippen molar-refractivity contribution in [2.75, 3.05) is 6.61 Å². The second kappa shape index (κ2) is 12.6. The van der Waals surface area contributed by atoms with Gasteiger partial charge in [0.05, 0.1) is 0 Å². The SMILES string of the molecule is Cc1cccc(CN(C(=O)COc2ccc(C)cc2C)[C@@H](Cc2ccccc2)C(=O)NC2CCCC2)c1. The highest BCUT2D eigenvalue weighted by Crippen LogP contribution is 2.22. The van der Waals surface area contributed by atoms with Crippen molar-refractivity contribution in [3.05, 3.63) is 101 Å². The highest BCUT2D eigenvalue weighted by molar-refractivity contribution is 5.88. The lowest BCUT2D eigenvalue weighted by Gasteiger charge is -2.32. The van der Waals surface area contributed by atoms with Gasteiger partial charge in [-0.1, -0.05) is 90.7 Å². The highest BCUT2D eigenvalue weighted by Gasteiger charge is 2.32. The van der Waals surface area contributed by atoms with Crippen LogP contribution in [-0.4, -0.2) is 35.4 Å². The fourth-order valence-corrected chi connectivity index (χ4v) is 5.11.